The van der Waals surface area contributed by atoms with Crippen LogP contribution in [0.5, 0.6) is 0 Å². The van der Waals surface area contributed by atoms with Gasteiger partial charge in [-0.15, -0.1) is 11.6 Å². The predicted octanol–water partition coefficient (Wildman–Crippen LogP) is 3.86. The zero-order valence-corrected chi connectivity index (χ0v) is 12.5. The maximum Gasteiger partial charge on any atom is 0.316 e. The fraction of sp³-hybridized carbons (Fsp3) is 0.500. The Morgan fingerprint density at radius 3 is 2.50 bits per heavy atom. The van der Waals surface area contributed by atoms with Crippen molar-refractivity contribution in [3.63, 3.8) is 0 Å². The number of azide groups is 1. The van der Waals surface area contributed by atoms with E-state index in [2.05, 4.69) is 10.0 Å². The van der Waals surface area contributed by atoms with Gasteiger partial charge in [-0.2, -0.15) is 0 Å². The normalized spacial score (nSPS) is 14.0. The molecule has 0 spiro atoms. The van der Waals surface area contributed by atoms with Gasteiger partial charge >= 0.3 is 5.97 Å². The van der Waals surface area contributed by atoms with Gasteiger partial charge in [0.2, 0.25) is 0 Å². The highest BCUT2D eigenvalue weighted by atomic mass is 35.5. The molecule has 0 fully saturated rings. The van der Waals surface area contributed by atoms with Crippen LogP contribution in [0.25, 0.3) is 10.4 Å². The van der Waals surface area contributed by atoms with E-state index in [4.69, 9.17) is 21.9 Å². The summed E-state index contributed by atoms with van der Waals surface area (Å²) in [6.07, 6.45) is 0.422. The summed E-state index contributed by atoms with van der Waals surface area (Å²) in [6.45, 7) is 5.25. The average Bonchev–Trinajstić information content (AvgIpc) is 2.34. The molecule has 0 aliphatic rings. The lowest BCUT2D eigenvalue weighted by atomic mass is 10.0. The second kappa shape index (κ2) is 7.17. The fourth-order valence-corrected chi connectivity index (χ4v) is 1.97. The Hall–Kier alpha value is -1.71. The van der Waals surface area contributed by atoms with Crippen molar-refractivity contribution in [2.24, 2.45) is 5.11 Å². The number of ether oxygens (including phenoxy) is 1. The minimum absolute atomic E-state index is 0.422. The Labute approximate surface area is 123 Å². The predicted molar refractivity (Wildman–Crippen MR) is 78.6 cm³/mol. The van der Waals surface area contributed by atoms with Crippen LogP contribution in [0.1, 0.15) is 26.3 Å². The average molecular weight is 296 g/mol. The number of rotatable bonds is 5. The molecular weight excluding hydrogens is 278 g/mol. The molecule has 0 bridgehead atoms. The number of benzene rings is 1. The van der Waals surface area contributed by atoms with E-state index in [9.17, 15) is 4.79 Å². The molecule has 6 heteroatoms. The van der Waals surface area contributed by atoms with Crippen molar-refractivity contribution in [1.82, 2.24) is 0 Å². The van der Waals surface area contributed by atoms with Crippen LogP contribution in [0.15, 0.2) is 35.4 Å². The zero-order chi connectivity index (χ0) is 15.2. The van der Waals surface area contributed by atoms with Crippen LogP contribution in [0.2, 0.25) is 0 Å². The molecule has 0 saturated heterocycles. The number of nitrogens with zero attached hydrogens (tertiary/aromatic N) is 3. The molecule has 0 N–H and O–H groups in total. The van der Waals surface area contributed by atoms with Gasteiger partial charge in [0.1, 0.15) is 5.60 Å². The second-order valence-electron chi connectivity index (χ2n) is 5.39. The first-order valence-corrected chi connectivity index (χ1v) is 6.72. The number of esters is 1. The molecule has 0 aromatic heterocycles. The van der Waals surface area contributed by atoms with Gasteiger partial charge in [0.05, 0.1) is 5.38 Å². The fourth-order valence-electron chi connectivity index (χ4n) is 1.64. The van der Waals surface area contributed by atoms with Crippen LogP contribution in [-0.4, -0.2) is 23.0 Å². The SMILES string of the molecule is CC(C)(C)OC(=O)[C@@H](N=[N+]=[N-])[C@H](Cl)Cc1ccccc1. The summed E-state index contributed by atoms with van der Waals surface area (Å²) >= 11 is 6.22. The van der Waals surface area contributed by atoms with E-state index in [-0.39, 0.29) is 0 Å². The summed E-state index contributed by atoms with van der Waals surface area (Å²) in [4.78, 5) is 14.7. The Kier molecular flexibility index (Phi) is 5.86. The standard InChI is InChI=1S/C14H18ClN3O2/c1-14(2,3)20-13(19)12(17-18-16)11(15)9-10-7-5-4-6-8-10/h4-8,11-12H,9H2,1-3H3/t11-,12+/m1/s1. The van der Waals surface area contributed by atoms with Crippen molar-refractivity contribution >= 4 is 17.6 Å². The molecule has 2 atom stereocenters. The Morgan fingerprint density at radius 1 is 1.40 bits per heavy atom. The first-order valence-electron chi connectivity index (χ1n) is 6.28. The highest BCUT2D eigenvalue weighted by Gasteiger charge is 2.30. The molecule has 1 aromatic rings. The number of halogens is 1. The minimum Gasteiger partial charge on any atom is -0.460 e. The maximum atomic E-state index is 12.0. The molecule has 0 heterocycles. The molecule has 0 aliphatic carbocycles. The molecule has 20 heavy (non-hydrogen) atoms. The van der Waals surface area contributed by atoms with Crippen LogP contribution in [0, 0.1) is 0 Å². The third-order valence-electron chi connectivity index (χ3n) is 2.44. The largest absolute Gasteiger partial charge is 0.460 e. The Bertz CT molecular complexity index is 493. The summed E-state index contributed by atoms with van der Waals surface area (Å²) in [5.74, 6) is -0.605. The van der Waals surface area contributed by atoms with Crippen molar-refractivity contribution in [2.75, 3.05) is 0 Å². The number of carbonyl (C=O) groups excluding carboxylic acids is 1. The Morgan fingerprint density at radius 2 is 2.00 bits per heavy atom. The number of carbonyl (C=O) groups is 1. The molecule has 0 amide bonds. The van der Waals surface area contributed by atoms with Crippen LogP contribution in [0.3, 0.4) is 0 Å². The number of alkyl halides is 1. The van der Waals surface area contributed by atoms with E-state index in [1.54, 1.807) is 20.8 Å². The van der Waals surface area contributed by atoms with Crippen molar-refractivity contribution in [3.8, 4) is 0 Å². The first kappa shape index (κ1) is 16.3. The third-order valence-corrected chi connectivity index (χ3v) is 2.83. The third kappa shape index (κ3) is 5.51. The van der Waals surface area contributed by atoms with Gasteiger partial charge in [0, 0.05) is 4.91 Å². The number of hydrogen-bond donors (Lipinski definition) is 0. The smallest absolute Gasteiger partial charge is 0.316 e. The molecule has 0 aliphatic heterocycles. The Balaban J connectivity index is 2.80. The molecule has 1 aromatic carbocycles. The van der Waals surface area contributed by atoms with Gasteiger partial charge in [-0.25, -0.2) is 0 Å². The van der Waals surface area contributed by atoms with E-state index in [1.165, 1.54) is 0 Å². The van der Waals surface area contributed by atoms with Crippen LogP contribution >= 0.6 is 11.6 Å². The van der Waals surface area contributed by atoms with Crippen LogP contribution < -0.4 is 0 Å². The molecule has 0 unspecified atom stereocenters. The maximum absolute atomic E-state index is 12.0. The van der Waals surface area contributed by atoms with Crippen molar-refractivity contribution in [2.45, 2.75) is 44.2 Å². The number of hydrogen-bond acceptors (Lipinski definition) is 3. The highest BCUT2D eigenvalue weighted by Crippen LogP contribution is 2.18. The molecule has 5 nitrogen and oxygen atoms in total. The van der Waals surface area contributed by atoms with E-state index >= 15 is 0 Å². The molecule has 0 radical (unpaired) electrons. The van der Waals surface area contributed by atoms with Gasteiger partial charge in [0.25, 0.3) is 0 Å². The lowest BCUT2D eigenvalue weighted by molar-refractivity contribution is -0.156. The second-order valence-corrected chi connectivity index (χ2v) is 5.95. The lowest BCUT2D eigenvalue weighted by Crippen LogP contribution is -2.36. The zero-order valence-electron chi connectivity index (χ0n) is 11.8. The van der Waals surface area contributed by atoms with Gasteiger partial charge in [-0.05, 0) is 38.3 Å². The van der Waals surface area contributed by atoms with Gasteiger partial charge in [-0.1, -0.05) is 35.4 Å². The van der Waals surface area contributed by atoms with E-state index in [0.29, 0.717) is 6.42 Å². The van der Waals surface area contributed by atoms with E-state index in [1.807, 2.05) is 30.3 Å². The van der Waals surface area contributed by atoms with E-state index < -0.39 is 23.0 Å². The summed E-state index contributed by atoms with van der Waals surface area (Å²) in [6, 6.07) is 8.42. The van der Waals surface area contributed by atoms with Gasteiger partial charge < -0.3 is 4.74 Å². The molecule has 108 valence electrons. The highest BCUT2D eigenvalue weighted by molar-refractivity contribution is 6.22. The first-order chi connectivity index (χ1) is 9.33. The lowest BCUT2D eigenvalue weighted by Gasteiger charge is -2.24. The minimum atomic E-state index is -1.04. The summed E-state index contributed by atoms with van der Waals surface area (Å²) in [7, 11) is 0. The summed E-state index contributed by atoms with van der Waals surface area (Å²) in [5.41, 5.74) is 8.91. The summed E-state index contributed by atoms with van der Waals surface area (Å²) < 4.78 is 5.22. The quantitative estimate of drug-likeness (QED) is 0.272. The molecule has 1 rings (SSSR count). The van der Waals surface area contributed by atoms with Crippen molar-refractivity contribution < 1.29 is 9.53 Å². The van der Waals surface area contributed by atoms with Gasteiger partial charge in [0.15, 0.2) is 6.04 Å². The molecular formula is C14H18ClN3O2. The van der Waals surface area contributed by atoms with Crippen LogP contribution in [0.4, 0.5) is 0 Å². The van der Waals surface area contributed by atoms with Crippen molar-refractivity contribution in [3.05, 3.63) is 46.3 Å². The van der Waals surface area contributed by atoms with Gasteiger partial charge in [-0.3, -0.25) is 4.79 Å². The monoisotopic (exact) mass is 295 g/mol. The van der Waals surface area contributed by atoms with Crippen LogP contribution in [-0.2, 0) is 16.0 Å². The topological polar surface area (TPSA) is 75.1 Å². The van der Waals surface area contributed by atoms with Crippen molar-refractivity contribution in [1.29, 1.82) is 0 Å². The molecule has 0 saturated carbocycles. The summed E-state index contributed by atoms with van der Waals surface area (Å²) in [5, 5.41) is 2.83. The van der Waals surface area contributed by atoms with E-state index in [0.717, 1.165) is 5.56 Å².